The fourth-order valence-corrected chi connectivity index (χ4v) is 5.00. The molecule has 1 aliphatic heterocycles. The van der Waals surface area contributed by atoms with Crippen LogP contribution in [0.2, 0.25) is 5.02 Å². The Hall–Kier alpha value is -4.39. The van der Waals surface area contributed by atoms with Crippen molar-refractivity contribution in [1.29, 1.82) is 0 Å². The monoisotopic (exact) mass is 639 g/mol. The van der Waals surface area contributed by atoms with Gasteiger partial charge in [-0.1, -0.05) is 18.2 Å². The number of ether oxygens (including phenoxy) is 1. The molecule has 3 aromatic rings. The number of carbonyl (C=O) groups is 2. The Morgan fingerprint density at radius 1 is 1.16 bits per heavy atom. The number of allylic oxidation sites excluding steroid dienone is 2. The van der Waals surface area contributed by atoms with Crippen LogP contribution in [0.5, 0.6) is 5.75 Å². The molecule has 238 valence electrons. The fourth-order valence-electron chi connectivity index (χ4n) is 4.74. The van der Waals surface area contributed by atoms with Gasteiger partial charge in [0.05, 0.1) is 22.5 Å². The molecule has 1 fully saturated rings. The largest absolute Gasteiger partial charge is 0.454 e. The molecule has 10 nitrogen and oxygen atoms in total. The molecular formula is C32H36ClF2N7O3. The molecule has 1 saturated heterocycles. The van der Waals surface area contributed by atoms with E-state index in [2.05, 4.69) is 31.7 Å². The summed E-state index contributed by atoms with van der Waals surface area (Å²) in [6.07, 6.45) is 5.50. The van der Waals surface area contributed by atoms with Crippen molar-refractivity contribution in [2.45, 2.75) is 0 Å². The number of anilines is 1. The number of aromatic nitrogens is 2. The number of rotatable bonds is 11. The van der Waals surface area contributed by atoms with E-state index in [1.54, 1.807) is 24.1 Å². The van der Waals surface area contributed by atoms with Crippen molar-refractivity contribution in [3.63, 3.8) is 0 Å². The van der Waals surface area contributed by atoms with Crippen LogP contribution in [0.4, 0.5) is 14.5 Å². The first-order valence-electron chi connectivity index (χ1n) is 14.2. The Morgan fingerprint density at radius 2 is 1.89 bits per heavy atom. The minimum absolute atomic E-state index is 0.0516. The lowest BCUT2D eigenvalue weighted by molar-refractivity contribution is 0.0630. The summed E-state index contributed by atoms with van der Waals surface area (Å²) < 4.78 is 36.8. The van der Waals surface area contributed by atoms with Gasteiger partial charge in [0.1, 0.15) is 5.76 Å². The van der Waals surface area contributed by atoms with Crippen LogP contribution in [-0.4, -0.2) is 103 Å². The van der Waals surface area contributed by atoms with Crippen LogP contribution in [-0.2, 0) is 7.05 Å². The molecule has 0 bridgehead atoms. The Balaban J connectivity index is 1.43. The number of nitrogens with one attached hydrogen (secondary N) is 1. The van der Waals surface area contributed by atoms with E-state index >= 15 is 4.39 Å². The van der Waals surface area contributed by atoms with Crippen molar-refractivity contribution >= 4 is 35.3 Å². The molecule has 0 radical (unpaired) electrons. The van der Waals surface area contributed by atoms with Gasteiger partial charge in [-0.25, -0.2) is 9.37 Å². The standard InChI is InChI=1S/C32H36ClF2N7O3/c1-6-22(11-12-36-2)45-27-10-9-24(28(34)29(27)35)26-20-37-30(40(26)5)31(43)38-21-7-8-23(25(33)19-21)32(44)42-17-15-41(16-18-42)14-13-39(3)4/h6-12,19-20H,1,13-18H2,2-5H3,(H,38,43)/b22-11+,36-12?. The van der Waals surface area contributed by atoms with Crippen LogP contribution in [0.15, 0.2) is 66.0 Å². The molecular weight excluding hydrogens is 604 g/mol. The van der Waals surface area contributed by atoms with E-state index < -0.39 is 17.5 Å². The molecule has 0 spiro atoms. The zero-order valence-electron chi connectivity index (χ0n) is 25.7. The van der Waals surface area contributed by atoms with Crippen molar-refractivity contribution < 1.29 is 23.1 Å². The van der Waals surface area contributed by atoms with Gasteiger partial charge in [-0.2, -0.15) is 4.39 Å². The Kier molecular flexibility index (Phi) is 11.2. The van der Waals surface area contributed by atoms with Crippen LogP contribution in [0, 0.1) is 11.6 Å². The highest BCUT2D eigenvalue weighted by molar-refractivity contribution is 6.34. The van der Waals surface area contributed by atoms with Crippen molar-refractivity contribution in [1.82, 2.24) is 24.3 Å². The van der Waals surface area contributed by atoms with E-state index in [1.807, 2.05) is 14.1 Å². The van der Waals surface area contributed by atoms with Gasteiger partial charge < -0.3 is 24.4 Å². The van der Waals surface area contributed by atoms with Crippen LogP contribution < -0.4 is 10.1 Å². The summed E-state index contributed by atoms with van der Waals surface area (Å²) in [6, 6.07) is 7.26. The molecule has 0 unspecified atom stereocenters. The lowest BCUT2D eigenvalue weighted by Gasteiger charge is -2.35. The van der Waals surface area contributed by atoms with Crippen molar-refractivity contribution in [3.8, 4) is 17.0 Å². The third-order valence-electron chi connectivity index (χ3n) is 7.31. The minimum atomic E-state index is -1.21. The summed E-state index contributed by atoms with van der Waals surface area (Å²) in [5.74, 6) is -3.37. The molecule has 2 aromatic carbocycles. The first-order valence-corrected chi connectivity index (χ1v) is 14.6. The number of benzene rings is 2. The maximum Gasteiger partial charge on any atom is 0.291 e. The number of imidazole rings is 1. The fraction of sp³-hybridized carbons (Fsp3) is 0.312. The van der Waals surface area contributed by atoms with Gasteiger partial charge in [0.25, 0.3) is 11.8 Å². The topological polar surface area (TPSA) is 95.3 Å². The average molecular weight is 640 g/mol. The Morgan fingerprint density at radius 3 is 2.53 bits per heavy atom. The second-order valence-corrected chi connectivity index (χ2v) is 11.0. The van der Waals surface area contributed by atoms with Gasteiger partial charge >= 0.3 is 0 Å². The molecule has 0 saturated carbocycles. The molecule has 1 aromatic heterocycles. The van der Waals surface area contributed by atoms with Gasteiger partial charge in [0.15, 0.2) is 17.4 Å². The van der Waals surface area contributed by atoms with E-state index in [4.69, 9.17) is 16.3 Å². The predicted octanol–water partition coefficient (Wildman–Crippen LogP) is 4.74. The van der Waals surface area contributed by atoms with E-state index in [0.717, 1.165) is 26.2 Å². The number of likely N-dealkylation sites (N-methyl/N-ethyl adjacent to an activating group) is 1. The lowest BCUT2D eigenvalue weighted by atomic mass is 10.1. The van der Waals surface area contributed by atoms with Crippen molar-refractivity contribution in [2.75, 3.05) is 65.7 Å². The van der Waals surface area contributed by atoms with Gasteiger partial charge in [-0.05, 0) is 56.6 Å². The quantitative estimate of drug-likeness (QED) is 0.185. The second kappa shape index (κ2) is 15.1. The smallest absolute Gasteiger partial charge is 0.291 e. The van der Waals surface area contributed by atoms with E-state index in [0.29, 0.717) is 24.3 Å². The zero-order valence-corrected chi connectivity index (χ0v) is 26.4. The molecule has 2 heterocycles. The second-order valence-electron chi connectivity index (χ2n) is 10.6. The number of amides is 2. The maximum absolute atomic E-state index is 15.1. The van der Waals surface area contributed by atoms with Crippen LogP contribution in [0.3, 0.4) is 0 Å². The van der Waals surface area contributed by atoms with Crippen molar-refractivity contribution in [3.05, 3.63) is 89.1 Å². The molecule has 0 atom stereocenters. The molecule has 13 heteroatoms. The van der Waals surface area contributed by atoms with Crippen LogP contribution >= 0.6 is 11.6 Å². The molecule has 45 heavy (non-hydrogen) atoms. The van der Waals surface area contributed by atoms with Gasteiger partial charge in [-0.3, -0.25) is 19.5 Å². The highest BCUT2D eigenvalue weighted by Crippen LogP contribution is 2.31. The highest BCUT2D eigenvalue weighted by atomic mass is 35.5. The highest BCUT2D eigenvalue weighted by Gasteiger charge is 2.25. The number of halogens is 3. The Bertz CT molecular complexity index is 1630. The lowest BCUT2D eigenvalue weighted by Crippen LogP contribution is -2.50. The number of hydrogen-bond acceptors (Lipinski definition) is 7. The molecule has 4 rings (SSSR count). The van der Waals surface area contributed by atoms with Crippen LogP contribution in [0.1, 0.15) is 21.0 Å². The summed E-state index contributed by atoms with van der Waals surface area (Å²) in [6.45, 7) is 8.26. The first-order chi connectivity index (χ1) is 21.5. The molecule has 0 aliphatic carbocycles. The summed E-state index contributed by atoms with van der Waals surface area (Å²) in [4.78, 5) is 40.4. The first kappa shape index (κ1) is 33.5. The van der Waals surface area contributed by atoms with E-state index in [1.165, 1.54) is 54.4 Å². The molecule has 1 N–H and O–H groups in total. The zero-order chi connectivity index (χ0) is 32.7. The summed E-state index contributed by atoms with van der Waals surface area (Å²) in [7, 11) is 7.13. The minimum Gasteiger partial charge on any atom is -0.454 e. The van der Waals surface area contributed by atoms with Crippen LogP contribution in [0.25, 0.3) is 11.3 Å². The summed E-state index contributed by atoms with van der Waals surface area (Å²) >= 11 is 6.47. The SMILES string of the molecule is C=C/C(=C\C=NC)Oc1ccc(-c2cnc(C(=O)Nc3ccc(C(=O)N4CCN(CCN(C)C)CC4)c(Cl)c3)n2C)c(F)c1F. The van der Waals surface area contributed by atoms with Crippen molar-refractivity contribution in [2.24, 2.45) is 12.0 Å². The van der Waals surface area contributed by atoms with E-state index in [-0.39, 0.29) is 39.5 Å². The Labute approximate surface area is 266 Å². The number of carbonyl (C=O) groups excluding carboxylic acids is 2. The predicted molar refractivity (Wildman–Crippen MR) is 172 cm³/mol. The third-order valence-corrected chi connectivity index (χ3v) is 7.62. The number of piperazine rings is 1. The summed E-state index contributed by atoms with van der Waals surface area (Å²) in [5, 5.41) is 2.90. The number of hydrogen-bond donors (Lipinski definition) is 1. The van der Waals surface area contributed by atoms with E-state index in [9.17, 15) is 14.0 Å². The molecule has 1 aliphatic rings. The normalized spacial score (nSPS) is 14.3. The maximum atomic E-state index is 15.1. The number of aliphatic imine (C=N–C) groups is 1. The van der Waals surface area contributed by atoms with Gasteiger partial charge in [0.2, 0.25) is 5.82 Å². The van der Waals surface area contributed by atoms with Gasteiger partial charge in [-0.15, -0.1) is 0 Å². The molecule has 2 amide bonds. The third kappa shape index (κ3) is 8.01. The average Bonchev–Trinajstić information content (AvgIpc) is 3.41. The summed E-state index contributed by atoms with van der Waals surface area (Å²) in [5.41, 5.74) is 0.742. The van der Waals surface area contributed by atoms with Gasteiger partial charge in [0, 0.05) is 70.8 Å². The number of nitrogens with zero attached hydrogens (tertiary/aromatic N) is 6.